The quantitative estimate of drug-likeness (QED) is 0.770. The number of likely N-dealkylation sites (tertiary alicyclic amines) is 1. The summed E-state index contributed by atoms with van der Waals surface area (Å²) < 4.78 is 26.6. The monoisotopic (exact) mass is 394 g/mol. The Kier molecular flexibility index (Phi) is 5.40. The maximum atomic E-state index is 12.4. The second-order valence-electron chi connectivity index (χ2n) is 6.02. The van der Waals surface area contributed by atoms with E-state index in [4.69, 9.17) is 0 Å². The molecule has 138 valence electrons. The van der Waals surface area contributed by atoms with Crippen LogP contribution in [-0.2, 0) is 19.6 Å². The van der Waals surface area contributed by atoms with Gasteiger partial charge in [0.15, 0.2) is 0 Å². The van der Waals surface area contributed by atoms with Crippen LogP contribution >= 0.6 is 11.3 Å². The van der Waals surface area contributed by atoms with Crippen molar-refractivity contribution in [1.82, 2.24) is 9.62 Å². The molecule has 1 aliphatic rings. The van der Waals surface area contributed by atoms with Crippen LogP contribution in [0.5, 0.6) is 0 Å². The molecule has 2 N–H and O–H groups in total. The summed E-state index contributed by atoms with van der Waals surface area (Å²) in [7, 11) is -3.73. The lowest BCUT2D eigenvalue weighted by molar-refractivity contribution is -0.141. The van der Waals surface area contributed by atoms with Gasteiger partial charge in [0.2, 0.25) is 5.91 Å². The van der Waals surface area contributed by atoms with E-state index in [2.05, 4.69) is 4.72 Å². The van der Waals surface area contributed by atoms with Crippen molar-refractivity contribution in [1.29, 1.82) is 0 Å². The van der Waals surface area contributed by atoms with Crippen molar-refractivity contribution in [2.75, 3.05) is 19.6 Å². The van der Waals surface area contributed by atoms with Crippen molar-refractivity contribution in [2.24, 2.45) is 5.92 Å². The highest BCUT2D eigenvalue weighted by Crippen LogP contribution is 2.32. The number of benzene rings is 1. The van der Waals surface area contributed by atoms with Crippen LogP contribution in [0.2, 0.25) is 0 Å². The van der Waals surface area contributed by atoms with Crippen molar-refractivity contribution in [3.8, 4) is 0 Å². The van der Waals surface area contributed by atoms with E-state index in [0.29, 0.717) is 0 Å². The largest absolute Gasteiger partial charge is 0.481 e. The predicted octanol–water partition coefficient (Wildman–Crippen LogP) is 1.35. The summed E-state index contributed by atoms with van der Waals surface area (Å²) in [5.41, 5.74) is 0.856. The zero-order valence-corrected chi connectivity index (χ0v) is 15.4. The molecule has 26 heavy (non-hydrogen) atoms. The van der Waals surface area contributed by atoms with Crippen LogP contribution in [-0.4, -0.2) is 49.9 Å². The van der Waals surface area contributed by atoms with Gasteiger partial charge in [-0.2, -0.15) is 0 Å². The second kappa shape index (κ2) is 7.56. The number of hydrogen-bond acceptors (Lipinski definition) is 5. The SMILES string of the molecule is O=C(O)[C@@H]1CN(C(=O)CNS(=O)(=O)c2cccs2)C[C@@H]1c1ccccc1. The third kappa shape index (κ3) is 3.95. The van der Waals surface area contributed by atoms with Crippen LogP contribution in [0.1, 0.15) is 11.5 Å². The number of carbonyl (C=O) groups is 2. The normalized spacial score (nSPS) is 20.2. The van der Waals surface area contributed by atoms with E-state index in [1.54, 1.807) is 11.4 Å². The van der Waals surface area contributed by atoms with Gasteiger partial charge in [0.1, 0.15) is 4.21 Å². The van der Waals surface area contributed by atoms with Crippen LogP contribution in [0.25, 0.3) is 0 Å². The molecule has 3 rings (SSSR count). The number of hydrogen-bond donors (Lipinski definition) is 2. The van der Waals surface area contributed by atoms with Crippen molar-refractivity contribution in [3.05, 3.63) is 53.4 Å². The van der Waals surface area contributed by atoms with Crippen molar-refractivity contribution in [3.63, 3.8) is 0 Å². The van der Waals surface area contributed by atoms with Crippen molar-refractivity contribution < 1.29 is 23.1 Å². The molecule has 1 aromatic carbocycles. The predicted molar refractivity (Wildman–Crippen MR) is 96.4 cm³/mol. The molecule has 1 aliphatic heterocycles. The molecule has 0 bridgehead atoms. The Morgan fingerprint density at radius 2 is 1.88 bits per heavy atom. The van der Waals surface area contributed by atoms with E-state index in [0.717, 1.165) is 16.9 Å². The zero-order chi connectivity index (χ0) is 18.7. The standard InChI is InChI=1S/C17H18N2O5S2/c20-15(9-18-26(23,24)16-7-4-8-25-16)19-10-13(14(11-19)17(21)22)12-5-2-1-3-6-12/h1-8,13-14,18H,9-11H2,(H,21,22)/t13-,14-/m1/s1. The first kappa shape index (κ1) is 18.6. The number of carboxylic acid groups (broad SMARTS) is 1. The second-order valence-corrected chi connectivity index (χ2v) is 8.96. The Bertz CT molecular complexity index is 881. The minimum atomic E-state index is -3.73. The first-order valence-electron chi connectivity index (χ1n) is 7.97. The number of aliphatic carboxylic acids is 1. The van der Waals surface area contributed by atoms with E-state index in [-0.39, 0.29) is 23.2 Å². The summed E-state index contributed by atoms with van der Waals surface area (Å²) in [6, 6.07) is 12.3. The van der Waals surface area contributed by atoms with Crippen molar-refractivity contribution in [2.45, 2.75) is 10.1 Å². The molecule has 1 fully saturated rings. The number of nitrogens with one attached hydrogen (secondary N) is 1. The fraction of sp³-hybridized carbons (Fsp3) is 0.294. The lowest BCUT2D eigenvalue weighted by Crippen LogP contribution is -2.39. The van der Waals surface area contributed by atoms with Gasteiger partial charge in [-0.25, -0.2) is 13.1 Å². The Morgan fingerprint density at radius 1 is 1.15 bits per heavy atom. The molecule has 0 unspecified atom stereocenters. The van der Waals surface area contributed by atoms with Gasteiger partial charge < -0.3 is 10.0 Å². The number of rotatable bonds is 6. The summed E-state index contributed by atoms with van der Waals surface area (Å²) in [6.07, 6.45) is 0. The van der Waals surface area contributed by atoms with E-state index >= 15 is 0 Å². The Morgan fingerprint density at radius 3 is 2.50 bits per heavy atom. The third-order valence-electron chi connectivity index (χ3n) is 4.39. The average molecular weight is 394 g/mol. The third-order valence-corrected chi connectivity index (χ3v) is 7.19. The molecule has 0 saturated carbocycles. The summed E-state index contributed by atoms with van der Waals surface area (Å²) in [4.78, 5) is 25.4. The Balaban J connectivity index is 1.68. The fourth-order valence-electron chi connectivity index (χ4n) is 3.05. The maximum absolute atomic E-state index is 12.4. The minimum Gasteiger partial charge on any atom is -0.481 e. The smallest absolute Gasteiger partial charge is 0.308 e. The van der Waals surface area contributed by atoms with E-state index < -0.39 is 34.4 Å². The van der Waals surface area contributed by atoms with Gasteiger partial charge >= 0.3 is 5.97 Å². The molecule has 1 saturated heterocycles. The highest BCUT2D eigenvalue weighted by Gasteiger charge is 2.40. The molecule has 9 heteroatoms. The lowest BCUT2D eigenvalue weighted by atomic mass is 9.89. The number of carbonyl (C=O) groups excluding carboxylic acids is 1. The molecule has 1 amide bonds. The molecule has 2 heterocycles. The summed E-state index contributed by atoms with van der Waals surface area (Å²) in [5, 5.41) is 11.1. The van der Waals surface area contributed by atoms with Gasteiger partial charge in [-0.3, -0.25) is 9.59 Å². The Hall–Kier alpha value is -2.23. The van der Waals surface area contributed by atoms with E-state index in [1.807, 2.05) is 30.3 Å². The fourth-order valence-corrected chi connectivity index (χ4v) is 5.06. The number of thiophene rings is 1. The van der Waals surface area contributed by atoms with Crippen LogP contribution < -0.4 is 4.72 Å². The van der Waals surface area contributed by atoms with Gasteiger partial charge in [-0.15, -0.1) is 11.3 Å². The average Bonchev–Trinajstić information content (AvgIpc) is 3.30. The van der Waals surface area contributed by atoms with Gasteiger partial charge in [-0.1, -0.05) is 36.4 Å². The van der Waals surface area contributed by atoms with Gasteiger partial charge in [-0.05, 0) is 17.0 Å². The number of carboxylic acids is 1. The molecule has 2 aromatic rings. The van der Waals surface area contributed by atoms with Gasteiger partial charge in [0, 0.05) is 19.0 Å². The first-order valence-corrected chi connectivity index (χ1v) is 10.3. The molecule has 1 aromatic heterocycles. The van der Waals surface area contributed by atoms with Gasteiger partial charge in [0.25, 0.3) is 10.0 Å². The topological polar surface area (TPSA) is 104 Å². The lowest BCUT2D eigenvalue weighted by Gasteiger charge is -2.16. The Labute approximate surface area is 155 Å². The van der Waals surface area contributed by atoms with Crippen LogP contribution in [0.3, 0.4) is 0 Å². The summed E-state index contributed by atoms with van der Waals surface area (Å²) >= 11 is 1.06. The molecule has 2 atom stereocenters. The van der Waals surface area contributed by atoms with Crippen LogP contribution in [0, 0.1) is 5.92 Å². The van der Waals surface area contributed by atoms with Crippen molar-refractivity contribution >= 4 is 33.2 Å². The zero-order valence-electron chi connectivity index (χ0n) is 13.7. The highest BCUT2D eigenvalue weighted by molar-refractivity contribution is 7.91. The van der Waals surface area contributed by atoms with Gasteiger partial charge in [0.05, 0.1) is 12.5 Å². The molecule has 0 spiro atoms. The number of nitrogens with zero attached hydrogens (tertiary/aromatic N) is 1. The maximum Gasteiger partial charge on any atom is 0.308 e. The van der Waals surface area contributed by atoms with E-state index in [1.165, 1.54) is 11.0 Å². The summed E-state index contributed by atoms with van der Waals surface area (Å²) in [5.74, 6) is -2.43. The van der Waals surface area contributed by atoms with Crippen LogP contribution in [0.4, 0.5) is 0 Å². The molecular weight excluding hydrogens is 376 g/mol. The first-order chi connectivity index (χ1) is 12.4. The highest BCUT2D eigenvalue weighted by atomic mass is 32.2. The van der Waals surface area contributed by atoms with Crippen LogP contribution in [0.15, 0.2) is 52.1 Å². The minimum absolute atomic E-state index is 0.0639. The molecule has 0 aliphatic carbocycles. The molecule has 0 radical (unpaired) electrons. The summed E-state index contributed by atoms with van der Waals surface area (Å²) in [6.45, 7) is -0.0803. The molecular formula is C17H18N2O5S2. The molecule has 7 nitrogen and oxygen atoms in total. The number of sulfonamides is 1. The number of amides is 1. The van der Waals surface area contributed by atoms with E-state index in [9.17, 15) is 23.1 Å².